The third-order valence-corrected chi connectivity index (χ3v) is 3.19. The van der Waals surface area contributed by atoms with Crippen LogP contribution in [-0.4, -0.2) is 31.6 Å². The summed E-state index contributed by atoms with van der Waals surface area (Å²) in [6, 6.07) is 4.60. The standard InChI is InChI=1S/C14H14O5/c1-18-11-6-3-8(7-12(11)19-2)14(17)13-9(15)4-5-10(13)16/h3,6-7,13H,4-5H2,1-2H3. The van der Waals surface area contributed by atoms with Crippen LogP contribution in [0.2, 0.25) is 0 Å². The predicted octanol–water partition coefficient (Wildman–Crippen LogP) is 1.43. The van der Waals surface area contributed by atoms with Gasteiger partial charge in [-0.2, -0.15) is 0 Å². The van der Waals surface area contributed by atoms with Crippen LogP contribution >= 0.6 is 0 Å². The SMILES string of the molecule is COc1ccc(C(=O)C2C(=O)CCC2=O)cc1OC. The van der Waals surface area contributed by atoms with Gasteiger partial charge in [-0.05, 0) is 18.2 Å². The molecule has 1 aromatic rings. The first-order valence-corrected chi connectivity index (χ1v) is 5.90. The van der Waals surface area contributed by atoms with Gasteiger partial charge in [0.05, 0.1) is 14.2 Å². The summed E-state index contributed by atoms with van der Waals surface area (Å²) in [5.74, 6) is -1.32. The van der Waals surface area contributed by atoms with Gasteiger partial charge >= 0.3 is 0 Å². The molecular weight excluding hydrogens is 248 g/mol. The summed E-state index contributed by atoms with van der Waals surface area (Å²) >= 11 is 0. The molecule has 1 fully saturated rings. The van der Waals surface area contributed by atoms with E-state index in [1.165, 1.54) is 26.4 Å². The van der Waals surface area contributed by atoms with E-state index in [1.54, 1.807) is 6.07 Å². The number of benzene rings is 1. The molecule has 0 saturated heterocycles. The molecule has 0 radical (unpaired) electrons. The Morgan fingerprint density at radius 2 is 1.63 bits per heavy atom. The molecule has 1 aliphatic rings. The molecule has 19 heavy (non-hydrogen) atoms. The minimum Gasteiger partial charge on any atom is -0.493 e. The van der Waals surface area contributed by atoms with Crippen molar-refractivity contribution in [2.75, 3.05) is 14.2 Å². The lowest BCUT2D eigenvalue weighted by Crippen LogP contribution is -2.25. The van der Waals surface area contributed by atoms with Crippen LogP contribution in [0.1, 0.15) is 23.2 Å². The van der Waals surface area contributed by atoms with Crippen LogP contribution in [0.4, 0.5) is 0 Å². The topological polar surface area (TPSA) is 69.7 Å². The number of ketones is 3. The van der Waals surface area contributed by atoms with Crippen molar-refractivity contribution >= 4 is 17.3 Å². The van der Waals surface area contributed by atoms with Gasteiger partial charge in [-0.3, -0.25) is 14.4 Å². The van der Waals surface area contributed by atoms with E-state index < -0.39 is 11.7 Å². The molecule has 5 nitrogen and oxygen atoms in total. The molecule has 1 aliphatic carbocycles. The van der Waals surface area contributed by atoms with Gasteiger partial charge in [0, 0.05) is 18.4 Å². The Balaban J connectivity index is 2.34. The summed E-state index contributed by atoms with van der Waals surface area (Å²) in [6.07, 6.45) is 0.311. The molecule has 0 atom stereocenters. The zero-order valence-electron chi connectivity index (χ0n) is 10.8. The Hall–Kier alpha value is -2.17. The molecule has 0 unspecified atom stereocenters. The highest BCUT2D eigenvalue weighted by atomic mass is 16.5. The second kappa shape index (κ2) is 5.22. The Bertz CT molecular complexity index is 531. The lowest BCUT2D eigenvalue weighted by atomic mass is 9.94. The van der Waals surface area contributed by atoms with Crippen LogP contribution in [-0.2, 0) is 9.59 Å². The summed E-state index contributed by atoms with van der Waals surface area (Å²) in [6.45, 7) is 0. The molecule has 0 amide bonds. The van der Waals surface area contributed by atoms with Crippen LogP contribution in [0.3, 0.4) is 0 Å². The molecule has 1 aromatic carbocycles. The first-order valence-electron chi connectivity index (χ1n) is 5.90. The summed E-state index contributed by atoms with van der Waals surface area (Å²) < 4.78 is 10.2. The van der Waals surface area contributed by atoms with Crippen molar-refractivity contribution in [3.05, 3.63) is 23.8 Å². The van der Waals surface area contributed by atoms with Gasteiger partial charge in [0.25, 0.3) is 0 Å². The molecule has 0 aliphatic heterocycles. The van der Waals surface area contributed by atoms with Gasteiger partial charge in [-0.15, -0.1) is 0 Å². The maximum atomic E-state index is 12.2. The number of carbonyl (C=O) groups is 3. The van der Waals surface area contributed by atoms with E-state index in [9.17, 15) is 14.4 Å². The Kier molecular flexibility index (Phi) is 3.64. The highest BCUT2D eigenvalue weighted by Gasteiger charge is 2.39. The second-order valence-electron chi connectivity index (χ2n) is 4.30. The molecule has 0 aromatic heterocycles. The average Bonchev–Trinajstić information content (AvgIpc) is 2.76. The summed E-state index contributed by atoms with van der Waals surface area (Å²) in [5.41, 5.74) is 0.284. The first-order chi connectivity index (χ1) is 9.08. The fourth-order valence-corrected chi connectivity index (χ4v) is 2.16. The lowest BCUT2D eigenvalue weighted by molar-refractivity contribution is -0.125. The zero-order chi connectivity index (χ0) is 14.0. The van der Waals surface area contributed by atoms with Crippen molar-refractivity contribution in [3.8, 4) is 11.5 Å². The number of rotatable bonds is 4. The predicted molar refractivity (Wildman–Crippen MR) is 66.6 cm³/mol. The Morgan fingerprint density at radius 3 is 2.16 bits per heavy atom. The molecule has 5 heteroatoms. The van der Waals surface area contributed by atoms with Crippen molar-refractivity contribution in [1.82, 2.24) is 0 Å². The van der Waals surface area contributed by atoms with E-state index in [4.69, 9.17) is 9.47 Å². The van der Waals surface area contributed by atoms with Crippen LogP contribution in [0.5, 0.6) is 11.5 Å². The third-order valence-electron chi connectivity index (χ3n) is 3.19. The number of methoxy groups -OCH3 is 2. The van der Waals surface area contributed by atoms with Gasteiger partial charge in [0.15, 0.2) is 28.8 Å². The van der Waals surface area contributed by atoms with Gasteiger partial charge in [-0.1, -0.05) is 0 Å². The van der Waals surface area contributed by atoms with E-state index >= 15 is 0 Å². The van der Waals surface area contributed by atoms with Crippen LogP contribution in [0.15, 0.2) is 18.2 Å². The van der Waals surface area contributed by atoms with E-state index in [2.05, 4.69) is 0 Å². The molecule has 2 rings (SSSR count). The highest BCUT2D eigenvalue weighted by Crippen LogP contribution is 2.30. The number of hydrogen-bond donors (Lipinski definition) is 0. The van der Waals surface area contributed by atoms with Gasteiger partial charge in [0.1, 0.15) is 5.92 Å². The summed E-state index contributed by atoms with van der Waals surface area (Å²) in [5, 5.41) is 0. The van der Waals surface area contributed by atoms with Crippen molar-refractivity contribution < 1.29 is 23.9 Å². The largest absolute Gasteiger partial charge is 0.493 e. The number of hydrogen-bond acceptors (Lipinski definition) is 5. The van der Waals surface area contributed by atoms with E-state index in [0.717, 1.165) is 0 Å². The van der Waals surface area contributed by atoms with Crippen LogP contribution in [0.25, 0.3) is 0 Å². The van der Waals surface area contributed by atoms with Crippen LogP contribution < -0.4 is 9.47 Å². The van der Waals surface area contributed by atoms with E-state index in [0.29, 0.717) is 11.5 Å². The molecule has 0 N–H and O–H groups in total. The molecule has 1 saturated carbocycles. The number of ether oxygens (including phenoxy) is 2. The van der Waals surface area contributed by atoms with Gasteiger partial charge in [-0.25, -0.2) is 0 Å². The average molecular weight is 262 g/mol. The normalized spacial score (nSPS) is 15.7. The Morgan fingerprint density at radius 1 is 1.05 bits per heavy atom. The quantitative estimate of drug-likeness (QED) is 0.606. The van der Waals surface area contributed by atoms with Crippen molar-refractivity contribution in [2.45, 2.75) is 12.8 Å². The maximum absolute atomic E-state index is 12.2. The minimum atomic E-state index is -1.14. The Labute approximate surface area is 110 Å². The highest BCUT2D eigenvalue weighted by molar-refractivity contribution is 6.27. The minimum absolute atomic E-state index is 0.155. The third kappa shape index (κ3) is 2.36. The first kappa shape index (κ1) is 13.3. The second-order valence-corrected chi connectivity index (χ2v) is 4.30. The molecule has 0 bridgehead atoms. The zero-order valence-corrected chi connectivity index (χ0v) is 10.8. The summed E-state index contributed by atoms with van der Waals surface area (Å²) in [7, 11) is 2.95. The van der Waals surface area contributed by atoms with Gasteiger partial charge < -0.3 is 9.47 Å². The van der Waals surface area contributed by atoms with Crippen molar-refractivity contribution in [3.63, 3.8) is 0 Å². The monoisotopic (exact) mass is 262 g/mol. The van der Waals surface area contributed by atoms with Gasteiger partial charge in [0.2, 0.25) is 0 Å². The fraction of sp³-hybridized carbons (Fsp3) is 0.357. The van der Waals surface area contributed by atoms with Crippen molar-refractivity contribution in [1.29, 1.82) is 0 Å². The molecule has 100 valence electrons. The van der Waals surface area contributed by atoms with Crippen LogP contribution in [0, 0.1) is 5.92 Å². The smallest absolute Gasteiger partial charge is 0.180 e. The number of Topliss-reactive ketones (excluding diaryl/α,β-unsaturated/α-hetero) is 3. The van der Waals surface area contributed by atoms with E-state index in [1.807, 2.05) is 0 Å². The molecular formula is C14H14O5. The molecule has 0 spiro atoms. The van der Waals surface area contributed by atoms with E-state index in [-0.39, 0.29) is 30.0 Å². The maximum Gasteiger partial charge on any atom is 0.180 e. The lowest BCUT2D eigenvalue weighted by Gasteiger charge is -2.10. The number of carbonyl (C=O) groups excluding carboxylic acids is 3. The summed E-state index contributed by atoms with van der Waals surface area (Å²) in [4.78, 5) is 35.4. The van der Waals surface area contributed by atoms with Crippen molar-refractivity contribution in [2.24, 2.45) is 5.92 Å². The molecule has 0 heterocycles. The fourth-order valence-electron chi connectivity index (χ4n) is 2.16.